The van der Waals surface area contributed by atoms with E-state index >= 15 is 0 Å². The summed E-state index contributed by atoms with van der Waals surface area (Å²) in [6.07, 6.45) is 5.10. The molecule has 20 heavy (non-hydrogen) atoms. The number of non-ortho nitro benzene ring substituents is 1. The molecule has 1 atom stereocenters. The largest absolute Gasteiger partial charge is 0.335 e. The van der Waals surface area contributed by atoms with Gasteiger partial charge in [-0.2, -0.15) is 0 Å². The molecule has 6 nitrogen and oxygen atoms in total. The van der Waals surface area contributed by atoms with Crippen molar-refractivity contribution in [2.75, 3.05) is 13.1 Å². The highest BCUT2D eigenvalue weighted by atomic mass is 16.6. The molecule has 1 aromatic carbocycles. The van der Waals surface area contributed by atoms with Gasteiger partial charge in [0.1, 0.15) is 0 Å². The molecule has 0 saturated carbocycles. The van der Waals surface area contributed by atoms with Crippen LogP contribution >= 0.6 is 0 Å². The SMILES string of the molecule is NCC1CCCN1C(=O)/C=C/c1ccc([N+](=O)[O-])cc1. The number of nitrogens with two attached hydrogens (primary N) is 1. The van der Waals surface area contributed by atoms with E-state index in [0.717, 1.165) is 24.9 Å². The molecule has 2 rings (SSSR count). The molecular formula is C14H17N3O3. The van der Waals surface area contributed by atoms with Crippen molar-refractivity contribution in [2.45, 2.75) is 18.9 Å². The molecule has 6 heteroatoms. The van der Waals surface area contributed by atoms with Crippen molar-refractivity contribution < 1.29 is 9.72 Å². The van der Waals surface area contributed by atoms with Gasteiger partial charge in [0.2, 0.25) is 5.91 Å². The predicted molar refractivity (Wildman–Crippen MR) is 75.9 cm³/mol. The van der Waals surface area contributed by atoms with Crippen LogP contribution in [0.25, 0.3) is 6.08 Å². The highest BCUT2D eigenvalue weighted by Crippen LogP contribution is 2.17. The molecule has 1 aliphatic rings. The molecule has 106 valence electrons. The predicted octanol–water partition coefficient (Wildman–Crippen LogP) is 1.56. The summed E-state index contributed by atoms with van der Waals surface area (Å²) in [6, 6.07) is 6.20. The summed E-state index contributed by atoms with van der Waals surface area (Å²) in [5.41, 5.74) is 6.43. The van der Waals surface area contributed by atoms with Gasteiger partial charge in [-0.3, -0.25) is 14.9 Å². The Kier molecular flexibility index (Phi) is 4.47. The van der Waals surface area contributed by atoms with Crippen LogP contribution in [0.3, 0.4) is 0 Å². The third-order valence-corrected chi connectivity index (χ3v) is 3.45. The van der Waals surface area contributed by atoms with Crippen molar-refractivity contribution in [3.63, 3.8) is 0 Å². The van der Waals surface area contributed by atoms with Gasteiger partial charge in [-0.05, 0) is 36.6 Å². The molecule has 1 heterocycles. The molecule has 1 aromatic rings. The number of carbonyl (C=O) groups is 1. The van der Waals surface area contributed by atoms with E-state index in [-0.39, 0.29) is 17.6 Å². The fourth-order valence-corrected chi connectivity index (χ4v) is 2.34. The van der Waals surface area contributed by atoms with E-state index in [0.29, 0.717) is 6.54 Å². The molecule has 1 aliphatic heterocycles. The Hall–Kier alpha value is -2.21. The molecule has 1 amide bonds. The van der Waals surface area contributed by atoms with E-state index in [1.165, 1.54) is 18.2 Å². The Balaban J connectivity index is 2.01. The number of nitro benzene ring substituents is 1. The number of carbonyl (C=O) groups excluding carboxylic acids is 1. The number of nitro groups is 1. The first kappa shape index (κ1) is 14.2. The van der Waals surface area contributed by atoms with Crippen LogP contribution in [0.1, 0.15) is 18.4 Å². The first-order valence-corrected chi connectivity index (χ1v) is 6.55. The smallest absolute Gasteiger partial charge is 0.269 e. The van der Waals surface area contributed by atoms with Crippen LogP contribution in [0, 0.1) is 10.1 Å². The monoisotopic (exact) mass is 275 g/mol. The number of likely N-dealkylation sites (tertiary alicyclic amines) is 1. The maximum Gasteiger partial charge on any atom is 0.269 e. The summed E-state index contributed by atoms with van der Waals surface area (Å²) in [7, 11) is 0. The number of benzene rings is 1. The van der Waals surface area contributed by atoms with Crippen LogP contribution in [-0.4, -0.2) is 34.9 Å². The number of hydrogen-bond donors (Lipinski definition) is 1. The number of amides is 1. The van der Waals surface area contributed by atoms with Crippen molar-refractivity contribution in [1.82, 2.24) is 4.90 Å². The fraction of sp³-hybridized carbons (Fsp3) is 0.357. The van der Waals surface area contributed by atoms with Gasteiger partial charge in [0.05, 0.1) is 4.92 Å². The second-order valence-electron chi connectivity index (χ2n) is 4.75. The van der Waals surface area contributed by atoms with Crippen LogP contribution in [-0.2, 0) is 4.79 Å². The van der Waals surface area contributed by atoms with Gasteiger partial charge < -0.3 is 10.6 Å². The molecule has 0 spiro atoms. The van der Waals surface area contributed by atoms with E-state index in [4.69, 9.17) is 5.73 Å². The summed E-state index contributed by atoms with van der Waals surface area (Å²) in [4.78, 5) is 23.9. The second-order valence-corrected chi connectivity index (χ2v) is 4.75. The first-order valence-electron chi connectivity index (χ1n) is 6.55. The minimum absolute atomic E-state index is 0.0382. The van der Waals surface area contributed by atoms with Crippen molar-refractivity contribution in [2.24, 2.45) is 5.73 Å². The quantitative estimate of drug-likeness (QED) is 0.513. The third kappa shape index (κ3) is 3.21. The number of rotatable bonds is 4. The summed E-state index contributed by atoms with van der Waals surface area (Å²) < 4.78 is 0. The van der Waals surface area contributed by atoms with Crippen LogP contribution in [0.5, 0.6) is 0 Å². The average Bonchev–Trinajstić information content (AvgIpc) is 2.93. The Bertz CT molecular complexity index is 525. The van der Waals surface area contributed by atoms with Crippen molar-refractivity contribution in [1.29, 1.82) is 0 Å². The molecular weight excluding hydrogens is 258 g/mol. The highest BCUT2D eigenvalue weighted by Gasteiger charge is 2.25. The zero-order chi connectivity index (χ0) is 14.5. The zero-order valence-electron chi connectivity index (χ0n) is 11.1. The van der Waals surface area contributed by atoms with Gasteiger partial charge in [-0.1, -0.05) is 0 Å². The highest BCUT2D eigenvalue weighted by molar-refractivity contribution is 5.92. The standard InChI is InChI=1S/C14H17N3O3/c15-10-13-2-1-9-16(13)14(18)8-5-11-3-6-12(7-4-11)17(19)20/h3-8,13H,1-2,9-10,15H2/b8-5+. The lowest BCUT2D eigenvalue weighted by molar-refractivity contribution is -0.384. The first-order chi connectivity index (χ1) is 9.61. The van der Waals surface area contributed by atoms with E-state index in [2.05, 4.69) is 0 Å². The van der Waals surface area contributed by atoms with Gasteiger partial charge in [-0.25, -0.2) is 0 Å². The average molecular weight is 275 g/mol. The molecule has 2 N–H and O–H groups in total. The van der Waals surface area contributed by atoms with Crippen LogP contribution < -0.4 is 5.73 Å². The summed E-state index contributed by atoms with van der Waals surface area (Å²) in [6.45, 7) is 1.22. The van der Waals surface area contributed by atoms with E-state index < -0.39 is 4.92 Å². The Morgan fingerprint density at radius 2 is 2.15 bits per heavy atom. The van der Waals surface area contributed by atoms with Crippen LogP contribution in [0.4, 0.5) is 5.69 Å². The third-order valence-electron chi connectivity index (χ3n) is 3.45. The van der Waals surface area contributed by atoms with Crippen molar-refractivity contribution in [3.05, 3.63) is 46.0 Å². The van der Waals surface area contributed by atoms with Gasteiger partial charge in [0.25, 0.3) is 5.69 Å². The second kappa shape index (κ2) is 6.29. The van der Waals surface area contributed by atoms with Crippen molar-refractivity contribution >= 4 is 17.7 Å². The maximum absolute atomic E-state index is 12.0. The van der Waals surface area contributed by atoms with Crippen LogP contribution in [0.15, 0.2) is 30.3 Å². The molecule has 0 bridgehead atoms. The van der Waals surface area contributed by atoms with E-state index in [1.54, 1.807) is 23.1 Å². The molecule has 1 fully saturated rings. The molecule has 0 aliphatic carbocycles. The van der Waals surface area contributed by atoms with E-state index in [1.807, 2.05) is 0 Å². The molecule has 0 radical (unpaired) electrons. The molecule has 1 unspecified atom stereocenters. The van der Waals surface area contributed by atoms with Crippen LogP contribution in [0.2, 0.25) is 0 Å². The molecule has 1 saturated heterocycles. The van der Waals surface area contributed by atoms with E-state index in [9.17, 15) is 14.9 Å². The fourth-order valence-electron chi connectivity index (χ4n) is 2.34. The number of hydrogen-bond acceptors (Lipinski definition) is 4. The van der Waals surface area contributed by atoms with Gasteiger partial charge >= 0.3 is 0 Å². The normalized spacial score (nSPS) is 18.6. The minimum Gasteiger partial charge on any atom is -0.335 e. The van der Waals surface area contributed by atoms with Gasteiger partial charge in [0, 0.05) is 37.3 Å². The lowest BCUT2D eigenvalue weighted by Gasteiger charge is -2.21. The zero-order valence-corrected chi connectivity index (χ0v) is 11.1. The van der Waals surface area contributed by atoms with Crippen molar-refractivity contribution in [3.8, 4) is 0 Å². The molecule has 0 aromatic heterocycles. The summed E-state index contributed by atoms with van der Waals surface area (Å²) in [5, 5.41) is 10.5. The minimum atomic E-state index is -0.450. The van der Waals surface area contributed by atoms with Gasteiger partial charge in [0.15, 0.2) is 0 Å². The lowest BCUT2D eigenvalue weighted by Crippen LogP contribution is -2.38. The maximum atomic E-state index is 12.0. The summed E-state index contributed by atoms with van der Waals surface area (Å²) in [5.74, 6) is -0.0590. The Morgan fingerprint density at radius 1 is 1.45 bits per heavy atom. The lowest BCUT2D eigenvalue weighted by atomic mass is 10.2. The Morgan fingerprint density at radius 3 is 2.75 bits per heavy atom. The topological polar surface area (TPSA) is 89.5 Å². The van der Waals surface area contributed by atoms with Gasteiger partial charge in [-0.15, -0.1) is 0 Å². The Labute approximate surface area is 117 Å². The number of nitrogens with zero attached hydrogens (tertiary/aromatic N) is 2. The summed E-state index contributed by atoms with van der Waals surface area (Å²) >= 11 is 0.